The number of aliphatic hydroxyl groups is 1. The Labute approximate surface area is 136 Å². The van der Waals surface area contributed by atoms with Crippen LogP contribution in [0.1, 0.15) is 33.3 Å². The van der Waals surface area contributed by atoms with Gasteiger partial charge in [-0.25, -0.2) is 4.79 Å². The molecule has 0 spiro atoms. The number of carbonyl (C=O) groups is 2. The van der Waals surface area contributed by atoms with Gasteiger partial charge >= 0.3 is 12.1 Å². The van der Waals surface area contributed by atoms with Crippen LogP contribution < -0.4 is 5.32 Å². The predicted octanol–water partition coefficient (Wildman–Crippen LogP) is 2.05. The lowest BCUT2D eigenvalue weighted by Crippen LogP contribution is -2.49. The van der Waals surface area contributed by atoms with Crippen molar-refractivity contribution in [1.29, 1.82) is 0 Å². The van der Waals surface area contributed by atoms with Crippen LogP contribution in [0.2, 0.25) is 0 Å². The third-order valence-corrected chi connectivity index (χ3v) is 2.95. The normalized spacial score (nSPS) is 13.8. The summed E-state index contributed by atoms with van der Waals surface area (Å²) in [5, 5.41) is 12.2. The van der Waals surface area contributed by atoms with Gasteiger partial charge in [0.05, 0.1) is 12.6 Å². The zero-order chi connectivity index (χ0) is 17.5. The first-order valence-corrected chi connectivity index (χ1v) is 7.53. The van der Waals surface area contributed by atoms with Gasteiger partial charge in [-0.2, -0.15) is 0 Å². The molecule has 0 aliphatic heterocycles. The fourth-order valence-electron chi connectivity index (χ4n) is 2.06. The molecule has 1 rings (SSSR count). The third kappa shape index (κ3) is 7.65. The highest BCUT2D eigenvalue weighted by molar-refractivity contribution is 5.69. The summed E-state index contributed by atoms with van der Waals surface area (Å²) in [5.41, 5.74) is 0.302. The maximum Gasteiger partial charge on any atom is 0.408 e. The molecular weight excluding hydrogens is 298 g/mol. The number of esters is 1. The predicted molar refractivity (Wildman–Crippen MR) is 85.9 cm³/mol. The lowest BCUT2D eigenvalue weighted by molar-refractivity contribution is -0.150. The fourth-order valence-corrected chi connectivity index (χ4v) is 2.06. The summed E-state index contributed by atoms with van der Waals surface area (Å²) in [6.07, 6.45) is -1.07. The van der Waals surface area contributed by atoms with Crippen molar-refractivity contribution in [1.82, 2.24) is 5.32 Å². The number of rotatable bonds is 6. The number of amides is 1. The van der Waals surface area contributed by atoms with Crippen molar-refractivity contribution in [3.63, 3.8) is 0 Å². The summed E-state index contributed by atoms with van der Waals surface area (Å²) in [6.45, 7) is 6.14. The topological polar surface area (TPSA) is 84.9 Å². The standard InChI is InChI=1S/C17H25NO5/c1-12(20)22-15(11-19)14(10-13-8-6-5-7-9-13)18-16(21)23-17(2,3)4/h5-9,14-15,19H,10-11H2,1-4H3,(H,18,21)/t14-,15+/m0/s1. The van der Waals surface area contributed by atoms with Crippen LogP contribution in [-0.4, -0.2) is 41.5 Å². The van der Waals surface area contributed by atoms with Crippen molar-refractivity contribution in [3.05, 3.63) is 35.9 Å². The third-order valence-electron chi connectivity index (χ3n) is 2.95. The Hall–Kier alpha value is -2.08. The first-order chi connectivity index (χ1) is 10.7. The van der Waals surface area contributed by atoms with Crippen LogP contribution in [0.15, 0.2) is 30.3 Å². The highest BCUT2D eigenvalue weighted by Crippen LogP contribution is 2.12. The number of benzene rings is 1. The Bertz CT molecular complexity index is 509. The number of nitrogens with one attached hydrogen (secondary N) is 1. The average molecular weight is 323 g/mol. The summed E-state index contributed by atoms with van der Waals surface area (Å²) >= 11 is 0. The first-order valence-electron chi connectivity index (χ1n) is 7.53. The smallest absolute Gasteiger partial charge is 0.408 e. The summed E-state index contributed by atoms with van der Waals surface area (Å²) in [7, 11) is 0. The van der Waals surface area contributed by atoms with Crippen molar-refractivity contribution in [2.45, 2.75) is 51.9 Å². The van der Waals surface area contributed by atoms with Crippen molar-refractivity contribution in [2.24, 2.45) is 0 Å². The second kappa shape index (κ2) is 8.53. The largest absolute Gasteiger partial charge is 0.458 e. The van der Waals surface area contributed by atoms with Gasteiger partial charge in [-0.05, 0) is 32.8 Å². The molecule has 1 aromatic carbocycles. The van der Waals surface area contributed by atoms with Crippen LogP contribution in [-0.2, 0) is 20.7 Å². The van der Waals surface area contributed by atoms with E-state index < -0.39 is 36.4 Å². The molecule has 0 fully saturated rings. The van der Waals surface area contributed by atoms with Crippen LogP contribution in [0.5, 0.6) is 0 Å². The Morgan fingerprint density at radius 3 is 2.30 bits per heavy atom. The van der Waals surface area contributed by atoms with E-state index in [4.69, 9.17) is 9.47 Å². The number of hydrogen-bond donors (Lipinski definition) is 2. The van der Waals surface area contributed by atoms with Gasteiger partial charge in [0.25, 0.3) is 0 Å². The zero-order valence-corrected chi connectivity index (χ0v) is 14.0. The molecule has 128 valence electrons. The molecular formula is C17H25NO5. The zero-order valence-electron chi connectivity index (χ0n) is 14.0. The molecule has 0 radical (unpaired) electrons. The Kier molecular flexibility index (Phi) is 7.03. The van der Waals surface area contributed by atoms with Crippen molar-refractivity contribution < 1.29 is 24.2 Å². The highest BCUT2D eigenvalue weighted by atomic mass is 16.6. The van der Waals surface area contributed by atoms with Gasteiger partial charge < -0.3 is 19.9 Å². The van der Waals surface area contributed by atoms with Crippen LogP contribution in [0.4, 0.5) is 4.79 Å². The van der Waals surface area contributed by atoms with E-state index in [9.17, 15) is 14.7 Å². The molecule has 0 aliphatic rings. The molecule has 1 aromatic rings. The molecule has 0 aliphatic carbocycles. The van der Waals surface area contributed by atoms with Gasteiger partial charge in [-0.3, -0.25) is 4.79 Å². The molecule has 0 unspecified atom stereocenters. The van der Waals surface area contributed by atoms with E-state index in [1.165, 1.54) is 6.92 Å². The van der Waals surface area contributed by atoms with E-state index in [1.807, 2.05) is 30.3 Å². The minimum atomic E-state index is -0.847. The van der Waals surface area contributed by atoms with Crippen molar-refractivity contribution in [2.75, 3.05) is 6.61 Å². The van der Waals surface area contributed by atoms with Gasteiger partial charge in [0.2, 0.25) is 0 Å². The van der Waals surface area contributed by atoms with Gasteiger partial charge in [0.1, 0.15) is 11.7 Å². The van der Waals surface area contributed by atoms with Crippen LogP contribution in [0.25, 0.3) is 0 Å². The number of carbonyl (C=O) groups excluding carboxylic acids is 2. The van der Waals surface area contributed by atoms with Crippen molar-refractivity contribution in [3.8, 4) is 0 Å². The van der Waals surface area contributed by atoms with E-state index in [1.54, 1.807) is 20.8 Å². The molecule has 0 bridgehead atoms. The molecule has 6 heteroatoms. The average Bonchev–Trinajstić information content (AvgIpc) is 2.43. The molecule has 6 nitrogen and oxygen atoms in total. The van der Waals surface area contributed by atoms with Crippen LogP contribution >= 0.6 is 0 Å². The van der Waals surface area contributed by atoms with Gasteiger partial charge in [0, 0.05) is 6.92 Å². The number of ether oxygens (including phenoxy) is 2. The monoisotopic (exact) mass is 323 g/mol. The van der Waals surface area contributed by atoms with Gasteiger partial charge in [0.15, 0.2) is 0 Å². The lowest BCUT2D eigenvalue weighted by Gasteiger charge is -2.28. The van der Waals surface area contributed by atoms with Crippen LogP contribution in [0, 0.1) is 0 Å². The molecule has 0 saturated carbocycles. The van der Waals surface area contributed by atoms with Crippen LogP contribution in [0.3, 0.4) is 0 Å². The summed E-state index contributed by atoms with van der Waals surface area (Å²) < 4.78 is 10.3. The fraction of sp³-hybridized carbons (Fsp3) is 0.529. The second-order valence-corrected chi connectivity index (χ2v) is 6.27. The Morgan fingerprint density at radius 1 is 1.22 bits per heavy atom. The van der Waals surface area contributed by atoms with E-state index >= 15 is 0 Å². The number of aliphatic hydroxyl groups excluding tert-OH is 1. The number of alkyl carbamates (subject to hydrolysis) is 1. The summed E-state index contributed by atoms with van der Waals surface area (Å²) in [6, 6.07) is 8.83. The Balaban J connectivity index is 2.86. The summed E-state index contributed by atoms with van der Waals surface area (Å²) in [4.78, 5) is 23.2. The van der Waals surface area contributed by atoms with E-state index in [2.05, 4.69) is 5.32 Å². The van der Waals surface area contributed by atoms with E-state index in [0.29, 0.717) is 6.42 Å². The molecule has 0 aromatic heterocycles. The Morgan fingerprint density at radius 2 is 1.83 bits per heavy atom. The van der Waals surface area contributed by atoms with E-state index in [-0.39, 0.29) is 0 Å². The molecule has 0 saturated heterocycles. The van der Waals surface area contributed by atoms with Crippen molar-refractivity contribution >= 4 is 12.1 Å². The number of hydrogen-bond acceptors (Lipinski definition) is 5. The molecule has 0 heterocycles. The lowest BCUT2D eigenvalue weighted by atomic mass is 10.0. The highest BCUT2D eigenvalue weighted by Gasteiger charge is 2.28. The SMILES string of the molecule is CC(=O)O[C@H](CO)[C@H](Cc1ccccc1)NC(=O)OC(C)(C)C. The minimum Gasteiger partial charge on any atom is -0.458 e. The second-order valence-electron chi connectivity index (χ2n) is 6.27. The molecule has 1 amide bonds. The van der Waals surface area contributed by atoms with Gasteiger partial charge in [-0.1, -0.05) is 30.3 Å². The first kappa shape index (κ1) is 19.0. The molecule has 23 heavy (non-hydrogen) atoms. The molecule has 2 atom stereocenters. The summed E-state index contributed by atoms with van der Waals surface area (Å²) in [5.74, 6) is -0.520. The molecule has 2 N–H and O–H groups in total. The minimum absolute atomic E-state index is 0.396. The quantitative estimate of drug-likeness (QED) is 0.783. The maximum atomic E-state index is 12.0. The van der Waals surface area contributed by atoms with Gasteiger partial charge in [-0.15, -0.1) is 0 Å². The van der Waals surface area contributed by atoms with E-state index in [0.717, 1.165) is 5.56 Å². The maximum absolute atomic E-state index is 12.0.